The van der Waals surface area contributed by atoms with Gasteiger partial charge in [-0.1, -0.05) is 44.4 Å². The van der Waals surface area contributed by atoms with Crippen LogP contribution in [-0.4, -0.2) is 5.91 Å². The quantitative estimate of drug-likeness (QED) is 0.553. The molecule has 0 aliphatic heterocycles. The van der Waals surface area contributed by atoms with Crippen LogP contribution in [0.3, 0.4) is 0 Å². The third-order valence-electron chi connectivity index (χ3n) is 2.92. The Morgan fingerprint density at radius 3 is 2.67 bits per heavy atom. The molecule has 1 aromatic carbocycles. The van der Waals surface area contributed by atoms with Crippen LogP contribution in [0.15, 0.2) is 24.3 Å². The van der Waals surface area contributed by atoms with E-state index in [1.807, 2.05) is 31.2 Å². The number of amides is 1. The molecule has 1 atom stereocenters. The summed E-state index contributed by atoms with van der Waals surface area (Å²) in [6.45, 7) is 4.08. The number of alkyl halides is 1. The van der Waals surface area contributed by atoms with Crippen molar-refractivity contribution < 1.29 is 4.79 Å². The number of unbranched alkanes of at least 4 members (excludes halogenated alkanes) is 3. The maximum Gasteiger partial charge on any atom is 0.224 e. The van der Waals surface area contributed by atoms with E-state index in [0.29, 0.717) is 6.42 Å². The van der Waals surface area contributed by atoms with Gasteiger partial charge in [0, 0.05) is 12.1 Å². The van der Waals surface area contributed by atoms with Crippen molar-refractivity contribution in [1.29, 1.82) is 0 Å². The van der Waals surface area contributed by atoms with Crippen molar-refractivity contribution in [2.45, 2.75) is 51.3 Å². The number of carbonyl (C=O) groups is 1. The Bertz CT molecular complexity index is 377. The predicted octanol–water partition coefficient (Wildman–Crippen LogP) is 4.90. The molecule has 0 spiro atoms. The number of carbonyl (C=O) groups excluding carboxylic acids is 1. The van der Waals surface area contributed by atoms with Crippen molar-refractivity contribution >= 4 is 23.2 Å². The van der Waals surface area contributed by atoms with Gasteiger partial charge in [0.25, 0.3) is 0 Å². The zero-order chi connectivity index (χ0) is 13.4. The van der Waals surface area contributed by atoms with Gasteiger partial charge < -0.3 is 5.32 Å². The van der Waals surface area contributed by atoms with E-state index in [9.17, 15) is 4.79 Å². The smallest absolute Gasteiger partial charge is 0.224 e. The summed E-state index contributed by atoms with van der Waals surface area (Å²) in [5, 5.41) is 2.85. The summed E-state index contributed by atoms with van der Waals surface area (Å²) in [5.74, 6) is 0.0795. The number of rotatable bonds is 7. The first-order chi connectivity index (χ1) is 8.65. The molecule has 0 aromatic heterocycles. The van der Waals surface area contributed by atoms with E-state index in [2.05, 4.69) is 12.2 Å². The zero-order valence-electron chi connectivity index (χ0n) is 11.2. The molecule has 0 radical (unpaired) electrons. The van der Waals surface area contributed by atoms with E-state index >= 15 is 0 Å². The summed E-state index contributed by atoms with van der Waals surface area (Å²) >= 11 is 6.09. The molecule has 100 valence electrons. The third-order valence-corrected chi connectivity index (χ3v) is 3.16. The minimum Gasteiger partial charge on any atom is -0.326 e. The summed E-state index contributed by atoms with van der Waals surface area (Å²) in [6, 6.07) is 7.70. The second kappa shape index (κ2) is 8.15. The molecule has 0 saturated carbocycles. The SMILES string of the molecule is CCCCCCC(=O)Nc1ccccc1C(C)Cl. The van der Waals surface area contributed by atoms with E-state index in [-0.39, 0.29) is 11.3 Å². The predicted molar refractivity (Wildman–Crippen MR) is 78.1 cm³/mol. The number of hydrogen-bond donors (Lipinski definition) is 1. The minimum atomic E-state index is -0.0957. The highest BCUT2D eigenvalue weighted by Crippen LogP contribution is 2.27. The number of anilines is 1. The number of nitrogens with one attached hydrogen (secondary N) is 1. The van der Waals surface area contributed by atoms with Crippen molar-refractivity contribution in [1.82, 2.24) is 0 Å². The highest BCUT2D eigenvalue weighted by atomic mass is 35.5. The lowest BCUT2D eigenvalue weighted by molar-refractivity contribution is -0.116. The van der Waals surface area contributed by atoms with Crippen molar-refractivity contribution in [2.75, 3.05) is 5.32 Å². The van der Waals surface area contributed by atoms with Crippen LogP contribution in [-0.2, 0) is 4.79 Å². The molecule has 1 N–H and O–H groups in total. The molecule has 2 nitrogen and oxygen atoms in total. The Balaban J connectivity index is 2.49. The number of para-hydroxylation sites is 1. The van der Waals surface area contributed by atoms with Crippen LogP contribution >= 0.6 is 11.6 Å². The lowest BCUT2D eigenvalue weighted by Crippen LogP contribution is -2.12. The average Bonchev–Trinajstić information content (AvgIpc) is 2.35. The zero-order valence-corrected chi connectivity index (χ0v) is 12.0. The second-order valence-electron chi connectivity index (χ2n) is 4.56. The highest BCUT2D eigenvalue weighted by Gasteiger charge is 2.09. The molecule has 0 saturated heterocycles. The molecule has 18 heavy (non-hydrogen) atoms. The van der Waals surface area contributed by atoms with Crippen LogP contribution in [0, 0.1) is 0 Å². The van der Waals surface area contributed by atoms with Gasteiger partial charge in [0.05, 0.1) is 5.38 Å². The largest absolute Gasteiger partial charge is 0.326 e. The Morgan fingerprint density at radius 2 is 2.00 bits per heavy atom. The summed E-state index contributed by atoms with van der Waals surface area (Å²) in [6.07, 6.45) is 5.05. The molecular weight excluding hydrogens is 246 g/mol. The third kappa shape index (κ3) is 5.09. The van der Waals surface area contributed by atoms with Crippen LogP contribution in [0.5, 0.6) is 0 Å². The van der Waals surface area contributed by atoms with Crippen LogP contribution in [0.1, 0.15) is 56.9 Å². The summed E-state index contributed by atoms with van der Waals surface area (Å²) < 4.78 is 0. The second-order valence-corrected chi connectivity index (χ2v) is 5.22. The van der Waals surface area contributed by atoms with Gasteiger partial charge in [-0.2, -0.15) is 0 Å². The van der Waals surface area contributed by atoms with Crippen LogP contribution in [0.4, 0.5) is 5.69 Å². The monoisotopic (exact) mass is 267 g/mol. The van der Waals surface area contributed by atoms with Gasteiger partial charge in [-0.05, 0) is 25.0 Å². The molecule has 1 unspecified atom stereocenters. The first-order valence-electron chi connectivity index (χ1n) is 6.68. The Morgan fingerprint density at radius 1 is 1.28 bits per heavy atom. The Kier molecular flexibility index (Phi) is 6.81. The molecule has 0 bridgehead atoms. The van der Waals surface area contributed by atoms with Crippen molar-refractivity contribution in [3.63, 3.8) is 0 Å². The Hall–Kier alpha value is -1.02. The standard InChI is InChI=1S/C15H22ClNO/c1-3-4-5-6-11-15(18)17-14-10-8-7-9-13(14)12(2)16/h7-10,12H,3-6,11H2,1-2H3,(H,17,18). The Labute approximate surface area is 115 Å². The van der Waals surface area contributed by atoms with Gasteiger partial charge in [-0.25, -0.2) is 0 Å². The fourth-order valence-corrected chi connectivity index (χ4v) is 2.07. The van der Waals surface area contributed by atoms with Crippen molar-refractivity contribution in [3.8, 4) is 0 Å². The topological polar surface area (TPSA) is 29.1 Å². The molecular formula is C15H22ClNO. The summed E-state index contributed by atoms with van der Waals surface area (Å²) in [7, 11) is 0. The first-order valence-corrected chi connectivity index (χ1v) is 7.11. The van der Waals surface area contributed by atoms with E-state index in [0.717, 1.165) is 24.1 Å². The fourth-order valence-electron chi connectivity index (χ4n) is 1.88. The molecule has 1 aromatic rings. The fraction of sp³-hybridized carbons (Fsp3) is 0.533. The van der Waals surface area contributed by atoms with Crippen LogP contribution < -0.4 is 5.32 Å². The molecule has 0 aliphatic carbocycles. The van der Waals surface area contributed by atoms with E-state index in [1.54, 1.807) is 0 Å². The molecule has 0 fully saturated rings. The lowest BCUT2D eigenvalue weighted by Gasteiger charge is -2.12. The van der Waals surface area contributed by atoms with Gasteiger partial charge in [0.15, 0.2) is 0 Å². The lowest BCUT2D eigenvalue weighted by atomic mass is 10.1. The molecule has 0 aliphatic rings. The minimum absolute atomic E-state index is 0.0795. The van der Waals surface area contributed by atoms with Gasteiger partial charge in [0.1, 0.15) is 0 Å². The van der Waals surface area contributed by atoms with Crippen LogP contribution in [0.25, 0.3) is 0 Å². The van der Waals surface area contributed by atoms with Crippen LogP contribution in [0.2, 0.25) is 0 Å². The molecule has 1 rings (SSSR count). The van der Waals surface area contributed by atoms with Gasteiger partial charge in [-0.3, -0.25) is 4.79 Å². The van der Waals surface area contributed by atoms with Gasteiger partial charge >= 0.3 is 0 Å². The van der Waals surface area contributed by atoms with E-state index in [4.69, 9.17) is 11.6 Å². The average molecular weight is 268 g/mol. The molecule has 0 heterocycles. The highest BCUT2D eigenvalue weighted by molar-refractivity contribution is 6.21. The number of halogens is 1. The first kappa shape index (κ1) is 15.0. The normalized spacial score (nSPS) is 12.2. The molecule has 1 amide bonds. The van der Waals surface area contributed by atoms with E-state index in [1.165, 1.54) is 12.8 Å². The number of hydrogen-bond acceptors (Lipinski definition) is 1. The maximum absolute atomic E-state index is 11.8. The van der Waals surface area contributed by atoms with E-state index < -0.39 is 0 Å². The number of benzene rings is 1. The van der Waals surface area contributed by atoms with Gasteiger partial charge in [0.2, 0.25) is 5.91 Å². The summed E-state index contributed by atoms with van der Waals surface area (Å²) in [5.41, 5.74) is 1.81. The maximum atomic E-state index is 11.8. The van der Waals surface area contributed by atoms with Crippen molar-refractivity contribution in [3.05, 3.63) is 29.8 Å². The summed E-state index contributed by atoms with van der Waals surface area (Å²) in [4.78, 5) is 11.8. The molecule has 3 heteroatoms. The van der Waals surface area contributed by atoms with Crippen molar-refractivity contribution in [2.24, 2.45) is 0 Å². The van der Waals surface area contributed by atoms with Gasteiger partial charge in [-0.15, -0.1) is 11.6 Å².